The lowest BCUT2D eigenvalue weighted by atomic mass is 9.98. The molecule has 2 aromatic carbocycles. The summed E-state index contributed by atoms with van der Waals surface area (Å²) in [6.07, 6.45) is 2.09. The number of nitrogens with one attached hydrogen (secondary N) is 1. The van der Waals surface area contributed by atoms with Gasteiger partial charge in [-0.25, -0.2) is 0 Å². The van der Waals surface area contributed by atoms with E-state index in [0.717, 1.165) is 25.9 Å². The third-order valence-corrected chi connectivity index (χ3v) is 4.99. The zero-order chi connectivity index (χ0) is 19.2. The van der Waals surface area contributed by atoms with Crippen molar-refractivity contribution in [3.63, 3.8) is 0 Å². The van der Waals surface area contributed by atoms with Gasteiger partial charge in [0.15, 0.2) is 6.61 Å². The van der Waals surface area contributed by atoms with Gasteiger partial charge in [0, 0.05) is 24.3 Å². The summed E-state index contributed by atoms with van der Waals surface area (Å²) in [6.45, 7) is 3.68. The molecule has 27 heavy (non-hydrogen) atoms. The van der Waals surface area contributed by atoms with Crippen molar-refractivity contribution in [2.24, 2.45) is 5.92 Å². The first-order valence-corrected chi connectivity index (χ1v) is 9.47. The largest absolute Gasteiger partial charge is 0.482 e. The van der Waals surface area contributed by atoms with E-state index in [0.29, 0.717) is 27.9 Å². The SMILES string of the molecule is CC1CCN(C(=O)c2ccc(NC(=O)COc3ccccc3Cl)cc2)CC1. The van der Waals surface area contributed by atoms with Gasteiger partial charge >= 0.3 is 0 Å². The second-order valence-electron chi connectivity index (χ2n) is 6.82. The van der Waals surface area contributed by atoms with Crippen LogP contribution < -0.4 is 10.1 Å². The molecule has 3 rings (SSSR count). The standard InChI is InChI=1S/C21H23ClN2O3/c1-15-10-12-24(13-11-15)21(26)16-6-8-17(9-7-16)23-20(25)14-27-19-5-3-2-4-18(19)22/h2-9,15H,10-14H2,1H3,(H,23,25). The van der Waals surface area contributed by atoms with Gasteiger partial charge in [0.2, 0.25) is 0 Å². The third-order valence-electron chi connectivity index (χ3n) is 4.68. The lowest BCUT2D eigenvalue weighted by Crippen LogP contribution is -2.37. The van der Waals surface area contributed by atoms with E-state index in [-0.39, 0.29) is 18.4 Å². The van der Waals surface area contributed by atoms with E-state index >= 15 is 0 Å². The van der Waals surface area contributed by atoms with Crippen molar-refractivity contribution in [2.75, 3.05) is 25.0 Å². The summed E-state index contributed by atoms with van der Waals surface area (Å²) >= 11 is 5.99. The molecule has 0 unspecified atom stereocenters. The number of rotatable bonds is 5. The van der Waals surface area contributed by atoms with E-state index < -0.39 is 0 Å². The highest BCUT2D eigenvalue weighted by molar-refractivity contribution is 6.32. The highest BCUT2D eigenvalue weighted by Gasteiger charge is 2.21. The van der Waals surface area contributed by atoms with Crippen LogP contribution in [0, 0.1) is 5.92 Å². The Labute approximate surface area is 164 Å². The minimum atomic E-state index is -0.293. The number of amides is 2. The number of halogens is 1. The maximum atomic E-state index is 12.5. The van der Waals surface area contributed by atoms with E-state index in [1.54, 1.807) is 48.5 Å². The Morgan fingerprint density at radius 2 is 1.78 bits per heavy atom. The first kappa shape index (κ1) is 19.2. The molecule has 0 spiro atoms. The molecule has 0 radical (unpaired) electrons. The van der Waals surface area contributed by atoms with Crippen molar-refractivity contribution in [3.8, 4) is 5.75 Å². The van der Waals surface area contributed by atoms with Crippen LogP contribution in [0.4, 0.5) is 5.69 Å². The lowest BCUT2D eigenvalue weighted by Gasteiger charge is -2.30. The first-order valence-electron chi connectivity index (χ1n) is 9.09. The quantitative estimate of drug-likeness (QED) is 0.836. The molecule has 0 bridgehead atoms. The smallest absolute Gasteiger partial charge is 0.262 e. The molecule has 5 nitrogen and oxygen atoms in total. The number of piperidine rings is 1. The number of hydrogen-bond acceptors (Lipinski definition) is 3. The fraction of sp³-hybridized carbons (Fsp3) is 0.333. The van der Waals surface area contributed by atoms with Gasteiger partial charge in [-0.15, -0.1) is 0 Å². The summed E-state index contributed by atoms with van der Waals surface area (Å²) in [4.78, 5) is 26.5. The first-order chi connectivity index (χ1) is 13.0. The van der Waals surface area contributed by atoms with Crippen molar-refractivity contribution >= 4 is 29.1 Å². The molecule has 2 amide bonds. The van der Waals surface area contributed by atoms with Crippen LogP contribution in [0.15, 0.2) is 48.5 Å². The summed E-state index contributed by atoms with van der Waals surface area (Å²) in [5.74, 6) is 0.895. The van der Waals surface area contributed by atoms with E-state index in [9.17, 15) is 9.59 Å². The average molecular weight is 387 g/mol. The number of anilines is 1. The fourth-order valence-corrected chi connectivity index (χ4v) is 3.18. The van der Waals surface area contributed by atoms with Gasteiger partial charge < -0.3 is 15.0 Å². The molecule has 0 saturated carbocycles. The molecule has 0 aromatic heterocycles. The topological polar surface area (TPSA) is 58.6 Å². The van der Waals surface area contributed by atoms with Gasteiger partial charge in [0.05, 0.1) is 5.02 Å². The number of para-hydroxylation sites is 1. The van der Waals surface area contributed by atoms with Crippen LogP contribution in [-0.4, -0.2) is 36.4 Å². The summed E-state index contributed by atoms with van der Waals surface area (Å²) in [6, 6.07) is 13.9. The van der Waals surface area contributed by atoms with E-state index in [2.05, 4.69) is 12.2 Å². The number of nitrogens with zero attached hydrogens (tertiary/aromatic N) is 1. The summed E-state index contributed by atoms with van der Waals surface area (Å²) in [7, 11) is 0. The third kappa shape index (κ3) is 5.23. The molecular weight excluding hydrogens is 364 g/mol. The minimum Gasteiger partial charge on any atom is -0.482 e. The Hall–Kier alpha value is -2.53. The van der Waals surface area contributed by atoms with E-state index in [1.165, 1.54) is 0 Å². The Kier molecular flexibility index (Phi) is 6.35. The van der Waals surface area contributed by atoms with Gasteiger partial charge in [0.1, 0.15) is 5.75 Å². The molecule has 1 saturated heterocycles. The van der Waals surface area contributed by atoms with Crippen molar-refractivity contribution < 1.29 is 14.3 Å². The minimum absolute atomic E-state index is 0.0434. The highest BCUT2D eigenvalue weighted by atomic mass is 35.5. The molecule has 1 N–H and O–H groups in total. The summed E-state index contributed by atoms with van der Waals surface area (Å²) < 4.78 is 5.42. The molecule has 142 valence electrons. The molecule has 1 aliphatic rings. The average Bonchev–Trinajstić information content (AvgIpc) is 2.68. The maximum absolute atomic E-state index is 12.5. The van der Waals surface area contributed by atoms with E-state index in [4.69, 9.17) is 16.3 Å². The number of benzene rings is 2. The number of hydrogen-bond donors (Lipinski definition) is 1. The van der Waals surface area contributed by atoms with Crippen LogP contribution in [0.3, 0.4) is 0 Å². The number of likely N-dealkylation sites (tertiary alicyclic amines) is 1. The number of ether oxygens (including phenoxy) is 1. The van der Waals surface area contributed by atoms with Crippen molar-refractivity contribution in [1.82, 2.24) is 4.90 Å². The molecule has 1 fully saturated rings. The van der Waals surface area contributed by atoms with Crippen molar-refractivity contribution in [1.29, 1.82) is 0 Å². The van der Waals surface area contributed by atoms with Gasteiger partial charge in [0.25, 0.3) is 11.8 Å². The van der Waals surface area contributed by atoms with Crippen LogP contribution in [0.5, 0.6) is 5.75 Å². The van der Waals surface area contributed by atoms with Crippen molar-refractivity contribution in [3.05, 3.63) is 59.1 Å². The van der Waals surface area contributed by atoms with Crippen LogP contribution >= 0.6 is 11.6 Å². The van der Waals surface area contributed by atoms with Gasteiger partial charge in [-0.3, -0.25) is 9.59 Å². The molecular formula is C21H23ClN2O3. The number of carbonyl (C=O) groups is 2. The fourth-order valence-electron chi connectivity index (χ4n) is 2.99. The lowest BCUT2D eigenvalue weighted by molar-refractivity contribution is -0.118. The van der Waals surface area contributed by atoms with Crippen LogP contribution in [-0.2, 0) is 4.79 Å². The predicted molar refractivity (Wildman–Crippen MR) is 106 cm³/mol. The second kappa shape index (κ2) is 8.91. The van der Waals surface area contributed by atoms with Gasteiger partial charge in [-0.05, 0) is 55.2 Å². The zero-order valence-corrected chi connectivity index (χ0v) is 16.0. The van der Waals surface area contributed by atoms with Crippen LogP contribution in [0.1, 0.15) is 30.1 Å². The predicted octanol–water partition coefficient (Wildman–Crippen LogP) is 4.23. The Balaban J connectivity index is 1.52. The molecule has 1 heterocycles. The monoisotopic (exact) mass is 386 g/mol. The van der Waals surface area contributed by atoms with Gasteiger partial charge in [-0.1, -0.05) is 30.7 Å². The molecule has 6 heteroatoms. The molecule has 0 aliphatic carbocycles. The van der Waals surface area contributed by atoms with E-state index in [1.807, 2.05) is 4.90 Å². The molecule has 2 aromatic rings. The van der Waals surface area contributed by atoms with Crippen molar-refractivity contribution in [2.45, 2.75) is 19.8 Å². The summed E-state index contributed by atoms with van der Waals surface area (Å²) in [5.41, 5.74) is 1.25. The Morgan fingerprint density at radius 1 is 1.11 bits per heavy atom. The second-order valence-corrected chi connectivity index (χ2v) is 7.23. The molecule has 0 atom stereocenters. The number of carbonyl (C=O) groups excluding carboxylic acids is 2. The highest BCUT2D eigenvalue weighted by Crippen LogP contribution is 2.23. The molecule has 1 aliphatic heterocycles. The maximum Gasteiger partial charge on any atom is 0.262 e. The van der Waals surface area contributed by atoms with Crippen LogP contribution in [0.2, 0.25) is 5.02 Å². The Bertz CT molecular complexity index is 799. The normalized spacial score (nSPS) is 14.7. The summed E-state index contributed by atoms with van der Waals surface area (Å²) in [5, 5.41) is 3.21. The Morgan fingerprint density at radius 3 is 2.44 bits per heavy atom. The van der Waals surface area contributed by atoms with Gasteiger partial charge in [-0.2, -0.15) is 0 Å². The zero-order valence-electron chi connectivity index (χ0n) is 15.3. The van der Waals surface area contributed by atoms with Crippen LogP contribution in [0.25, 0.3) is 0 Å².